The van der Waals surface area contributed by atoms with Gasteiger partial charge in [0.1, 0.15) is 0 Å². The van der Waals surface area contributed by atoms with Gasteiger partial charge in [-0.25, -0.2) is 9.97 Å². The number of carbonyl (C=O) groups excluding carboxylic acids is 1. The molecule has 3 aromatic rings. The fourth-order valence-corrected chi connectivity index (χ4v) is 2.79. The molecule has 2 aromatic carbocycles. The molecular weight excluding hydrogens is 324 g/mol. The molecule has 1 aromatic heterocycles. The molecule has 0 atom stereocenters. The highest BCUT2D eigenvalue weighted by atomic mass is 35.5. The minimum Gasteiger partial charge on any atom is -0.398 e. The molecule has 24 heavy (non-hydrogen) atoms. The third-order valence-corrected chi connectivity index (χ3v) is 4.06. The highest BCUT2D eigenvalue weighted by Gasteiger charge is 2.18. The monoisotopic (exact) mass is 340 g/mol. The van der Waals surface area contributed by atoms with E-state index in [2.05, 4.69) is 9.97 Å². The summed E-state index contributed by atoms with van der Waals surface area (Å²) < 4.78 is 0. The molecular formula is C18H17ClN4O. The normalized spacial score (nSPS) is 11.2. The Morgan fingerprint density at radius 2 is 1.88 bits per heavy atom. The third-order valence-electron chi connectivity index (χ3n) is 3.83. The SMILES string of the molecule is CC(C)C(=O)c1cccc(-c2nc(N)nc3ccc(Cl)cc23)c1N. The maximum atomic E-state index is 12.4. The van der Waals surface area contributed by atoms with Gasteiger partial charge < -0.3 is 11.5 Å². The molecule has 0 aliphatic carbocycles. The number of hydrogen-bond donors (Lipinski definition) is 2. The number of nitrogens with two attached hydrogens (primary N) is 2. The lowest BCUT2D eigenvalue weighted by atomic mass is 9.95. The van der Waals surface area contributed by atoms with Crippen molar-refractivity contribution in [1.29, 1.82) is 0 Å². The molecule has 6 heteroatoms. The van der Waals surface area contributed by atoms with Crippen molar-refractivity contribution in [3.05, 3.63) is 47.0 Å². The number of aromatic nitrogens is 2. The molecule has 0 bridgehead atoms. The minimum absolute atomic E-state index is 0.0151. The lowest BCUT2D eigenvalue weighted by Crippen LogP contribution is -2.11. The van der Waals surface area contributed by atoms with Crippen molar-refractivity contribution in [1.82, 2.24) is 9.97 Å². The Hall–Kier alpha value is -2.66. The van der Waals surface area contributed by atoms with Crippen molar-refractivity contribution >= 4 is 39.9 Å². The van der Waals surface area contributed by atoms with Crippen LogP contribution in [0.2, 0.25) is 5.02 Å². The Morgan fingerprint density at radius 1 is 1.12 bits per heavy atom. The predicted molar refractivity (Wildman–Crippen MR) is 98.0 cm³/mol. The van der Waals surface area contributed by atoms with Gasteiger partial charge in [-0.05, 0) is 24.3 Å². The van der Waals surface area contributed by atoms with Crippen LogP contribution in [0, 0.1) is 5.92 Å². The van der Waals surface area contributed by atoms with Gasteiger partial charge in [0.2, 0.25) is 5.95 Å². The predicted octanol–water partition coefficient (Wildman–Crippen LogP) is 3.95. The summed E-state index contributed by atoms with van der Waals surface area (Å²) in [6.45, 7) is 3.68. The van der Waals surface area contributed by atoms with E-state index < -0.39 is 0 Å². The Balaban J connectivity index is 2.30. The lowest BCUT2D eigenvalue weighted by Gasteiger charge is -2.13. The number of halogens is 1. The fraction of sp³-hybridized carbons (Fsp3) is 0.167. The Morgan fingerprint density at radius 3 is 2.58 bits per heavy atom. The first kappa shape index (κ1) is 16.2. The van der Waals surface area contributed by atoms with Gasteiger partial charge >= 0.3 is 0 Å². The molecule has 0 unspecified atom stereocenters. The standard InChI is InChI=1S/C18H17ClN4O/c1-9(2)17(24)12-5-3-4-11(15(12)20)16-13-8-10(19)6-7-14(13)22-18(21)23-16/h3-9H,20H2,1-2H3,(H2,21,22,23). The van der Waals surface area contributed by atoms with E-state index in [1.807, 2.05) is 19.9 Å². The number of nitrogens with zero attached hydrogens (tertiary/aromatic N) is 2. The number of ketones is 1. The van der Waals surface area contributed by atoms with E-state index in [4.69, 9.17) is 23.1 Å². The average molecular weight is 341 g/mol. The average Bonchev–Trinajstić information content (AvgIpc) is 2.54. The highest BCUT2D eigenvalue weighted by molar-refractivity contribution is 6.31. The van der Waals surface area contributed by atoms with E-state index in [0.29, 0.717) is 33.0 Å². The van der Waals surface area contributed by atoms with E-state index in [0.717, 1.165) is 5.39 Å². The largest absolute Gasteiger partial charge is 0.398 e. The lowest BCUT2D eigenvalue weighted by molar-refractivity contribution is 0.0940. The summed E-state index contributed by atoms with van der Waals surface area (Å²) in [6.07, 6.45) is 0. The smallest absolute Gasteiger partial charge is 0.221 e. The van der Waals surface area contributed by atoms with Crippen molar-refractivity contribution in [2.45, 2.75) is 13.8 Å². The van der Waals surface area contributed by atoms with Gasteiger partial charge in [0.25, 0.3) is 0 Å². The fourth-order valence-electron chi connectivity index (χ4n) is 2.62. The van der Waals surface area contributed by atoms with Crippen molar-refractivity contribution < 1.29 is 4.79 Å². The quantitative estimate of drug-likeness (QED) is 0.556. The van der Waals surface area contributed by atoms with E-state index in [-0.39, 0.29) is 17.6 Å². The molecule has 0 saturated heterocycles. The molecule has 122 valence electrons. The van der Waals surface area contributed by atoms with Crippen LogP contribution in [0.1, 0.15) is 24.2 Å². The second kappa shape index (κ2) is 6.09. The molecule has 4 N–H and O–H groups in total. The van der Waals surface area contributed by atoms with Gasteiger partial charge in [-0.1, -0.05) is 37.6 Å². The number of hydrogen-bond acceptors (Lipinski definition) is 5. The van der Waals surface area contributed by atoms with Gasteiger partial charge in [0.05, 0.1) is 16.9 Å². The second-order valence-corrected chi connectivity index (χ2v) is 6.31. The first-order chi connectivity index (χ1) is 11.4. The van der Waals surface area contributed by atoms with E-state index in [1.165, 1.54) is 0 Å². The van der Waals surface area contributed by atoms with Crippen LogP contribution in [-0.4, -0.2) is 15.8 Å². The number of carbonyl (C=O) groups is 1. The van der Waals surface area contributed by atoms with Gasteiger partial charge in [-0.15, -0.1) is 0 Å². The van der Waals surface area contributed by atoms with Gasteiger partial charge in [0, 0.05) is 27.5 Å². The molecule has 1 heterocycles. The highest BCUT2D eigenvalue weighted by Crippen LogP contribution is 2.34. The summed E-state index contributed by atoms with van der Waals surface area (Å²) in [5.41, 5.74) is 14.9. The summed E-state index contributed by atoms with van der Waals surface area (Å²) in [6, 6.07) is 10.6. The summed E-state index contributed by atoms with van der Waals surface area (Å²) in [4.78, 5) is 20.9. The van der Waals surface area contributed by atoms with Gasteiger partial charge in [-0.3, -0.25) is 4.79 Å². The number of para-hydroxylation sites is 1. The maximum Gasteiger partial charge on any atom is 0.221 e. The maximum absolute atomic E-state index is 12.4. The molecule has 0 amide bonds. The molecule has 0 saturated carbocycles. The summed E-state index contributed by atoms with van der Waals surface area (Å²) in [5, 5.41) is 1.29. The van der Waals surface area contributed by atoms with Crippen LogP contribution in [-0.2, 0) is 0 Å². The summed E-state index contributed by atoms with van der Waals surface area (Å²) in [7, 11) is 0. The van der Waals surface area contributed by atoms with Crippen LogP contribution < -0.4 is 11.5 Å². The zero-order valence-corrected chi connectivity index (χ0v) is 14.1. The number of fused-ring (bicyclic) bond motifs is 1. The van der Waals surface area contributed by atoms with Crippen molar-refractivity contribution in [2.75, 3.05) is 11.5 Å². The number of benzene rings is 2. The van der Waals surface area contributed by atoms with Crippen LogP contribution in [0.4, 0.5) is 11.6 Å². The second-order valence-electron chi connectivity index (χ2n) is 5.88. The van der Waals surface area contributed by atoms with E-state index >= 15 is 0 Å². The first-order valence-electron chi connectivity index (χ1n) is 7.54. The Kier molecular flexibility index (Phi) is 4.11. The topological polar surface area (TPSA) is 94.9 Å². The van der Waals surface area contributed by atoms with Crippen molar-refractivity contribution in [3.63, 3.8) is 0 Å². The molecule has 0 fully saturated rings. The molecule has 0 aliphatic heterocycles. The number of anilines is 2. The molecule has 0 radical (unpaired) electrons. The first-order valence-corrected chi connectivity index (χ1v) is 7.92. The molecule has 0 spiro atoms. The van der Waals surface area contributed by atoms with Gasteiger partial charge in [-0.2, -0.15) is 0 Å². The van der Waals surface area contributed by atoms with E-state index in [1.54, 1.807) is 30.3 Å². The van der Waals surface area contributed by atoms with Crippen LogP contribution in [0.15, 0.2) is 36.4 Å². The molecule has 5 nitrogen and oxygen atoms in total. The van der Waals surface area contributed by atoms with E-state index in [9.17, 15) is 4.79 Å². The zero-order valence-electron chi connectivity index (χ0n) is 13.4. The molecule has 3 rings (SSSR count). The van der Waals surface area contributed by atoms with Crippen molar-refractivity contribution in [2.24, 2.45) is 5.92 Å². The third kappa shape index (κ3) is 2.78. The number of Topliss-reactive ketones (excluding diaryl/α,β-unsaturated/α-hetero) is 1. The number of rotatable bonds is 3. The number of nitrogen functional groups attached to an aromatic ring is 2. The minimum atomic E-state index is -0.149. The van der Waals surface area contributed by atoms with Crippen LogP contribution in [0.3, 0.4) is 0 Å². The summed E-state index contributed by atoms with van der Waals surface area (Å²) in [5.74, 6) is -0.0252. The molecule has 0 aliphatic rings. The van der Waals surface area contributed by atoms with Gasteiger partial charge in [0.15, 0.2) is 5.78 Å². The Bertz CT molecular complexity index is 953. The Labute approximate surface area is 144 Å². The zero-order chi connectivity index (χ0) is 17.4. The summed E-state index contributed by atoms with van der Waals surface area (Å²) >= 11 is 6.11. The van der Waals surface area contributed by atoms with Crippen LogP contribution >= 0.6 is 11.6 Å². The van der Waals surface area contributed by atoms with Crippen LogP contribution in [0.5, 0.6) is 0 Å². The van der Waals surface area contributed by atoms with Crippen molar-refractivity contribution in [3.8, 4) is 11.3 Å². The van der Waals surface area contributed by atoms with Crippen LogP contribution in [0.25, 0.3) is 22.2 Å².